The molecule has 0 bridgehead atoms. The highest BCUT2D eigenvalue weighted by molar-refractivity contribution is 5.84. The molecule has 4 nitrogen and oxygen atoms in total. The number of hydrogen-bond acceptors (Lipinski definition) is 3. The first-order chi connectivity index (χ1) is 8.19. The summed E-state index contributed by atoms with van der Waals surface area (Å²) in [6.45, 7) is 4.90. The predicted molar refractivity (Wildman–Crippen MR) is 64.0 cm³/mol. The summed E-state index contributed by atoms with van der Waals surface area (Å²) in [4.78, 5) is 13.0. The fourth-order valence-corrected chi connectivity index (χ4v) is 2.14. The fraction of sp³-hybridized carbons (Fsp3) is 0.615. The van der Waals surface area contributed by atoms with E-state index in [1.54, 1.807) is 6.07 Å². The lowest BCUT2D eigenvalue weighted by Gasteiger charge is -2.31. The third kappa shape index (κ3) is 3.09. The molecule has 0 amide bonds. The quantitative estimate of drug-likeness (QED) is 0.826. The molecule has 0 radical (unpaired) electrons. The van der Waals surface area contributed by atoms with Gasteiger partial charge >= 0.3 is 5.97 Å². The van der Waals surface area contributed by atoms with E-state index in [1.165, 1.54) is 25.3 Å². The minimum absolute atomic E-state index is 0.0275. The average molecular weight is 237 g/mol. The summed E-state index contributed by atoms with van der Waals surface area (Å²) in [6, 6.07) is 3.28. The van der Waals surface area contributed by atoms with E-state index in [0.29, 0.717) is 6.54 Å². The number of furan rings is 1. The molecule has 0 spiro atoms. The molecule has 0 atom stereocenters. The van der Waals surface area contributed by atoms with E-state index in [-0.39, 0.29) is 5.76 Å². The van der Waals surface area contributed by atoms with Crippen molar-refractivity contribution in [3.05, 3.63) is 23.7 Å². The van der Waals surface area contributed by atoms with Crippen LogP contribution in [-0.2, 0) is 6.54 Å². The summed E-state index contributed by atoms with van der Waals surface area (Å²) < 4.78 is 5.27. The van der Waals surface area contributed by atoms with Gasteiger partial charge in [-0.25, -0.2) is 4.79 Å². The van der Waals surface area contributed by atoms with E-state index in [0.717, 1.165) is 24.8 Å². The first-order valence-electron chi connectivity index (χ1n) is 6.23. The smallest absolute Gasteiger partial charge is 0.371 e. The lowest BCUT2D eigenvalue weighted by molar-refractivity contribution is 0.0657. The van der Waals surface area contributed by atoms with E-state index in [9.17, 15) is 4.79 Å². The molecule has 0 aliphatic heterocycles. The summed E-state index contributed by atoms with van der Waals surface area (Å²) in [5, 5.41) is 8.77. The molecule has 1 heterocycles. The van der Waals surface area contributed by atoms with Gasteiger partial charge in [0.15, 0.2) is 0 Å². The highest BCUT2D eigenvalue weighted by Crippen LogP contribution is 2.27. The molecule has 2 rings (SSSR count). The van der Waals surface area contributed by atoms with Crippen molar-refractivity contribution in [3.63, 3.8) is 0 Å². The number of carboxylic acid groups (broad SMARTS) is 1. The molecule has 4 heteroatoms. The second-order valence-electron chi connectivity index (χ2n) is 4.70. The van der Waals surface area contributed by atoms with Crippen molar-refractivity contribution < 1.29 is 14.3 Å². The Kier molecular flexibility index (Phi) is 3.84. The van der Waals surface area contributed by atoms with Crippen molar-refractivity contribution in [1.29, 1.82) is 0 Å². The summed E-state index contributed by atoms with van der Waals surface area (Å²) in [7, 11) is 0. The van der Waals surface area contributed by atoms with Gasteiger partial charge in [-0.05, 0) is 37.4 Å². The monoisotopic (exact) mass is 237 g/mol. The van der Waals surface area contributed by atoms with Crippen molar-refractivity contribution in [2.75, 3.05) is 13.1 Å². The summed E-state index contributed by atoms with van der Waals surface area (Å²) >= 11 is 0. The van der Waals surface area contributed by atoms with Gasteiger partial charge < -0.3 is 9.52 Å². The van der Waals surface area contributed by atoms with Crippen LogP contribution in [0.3, 0.4) is 0 Å². The highest BCUT2D eigenvalue weighted by Gasteiger charge is 2.20. The van der Waals surface area contributed by atoms with Gasteiger partial charge in [-0.15, -0.1) is 0 Å². The number of hydrogen-bond donors (Lipinski definition) is 1. The molecular formula is C13H19NO3. The van der Waals surface area contributed by atoms with Crippen molar-refractivity contribution in [3.8, 4) is 0 Å². The largest absolute Gasteiger partial charge is 0.475 e. The summed E-state index contributed by atoms with van der Waals surface area (Å²) in [6.07, 6.45) is 4.01. The van der Waals surface area contributed by atoms with Crippen molar-refractivity contribution >= 4 is 5.97 Å². The Labute approximate surface area is 101 Å². The summed E-state index contributed by atoms with van der Waals surface area (Å²) in [5.41, 5.74) is 0. The van der Waals surface area contributed by atoms with Crippen LogP contribution in [0.5, 0.6) is 0 Å². The Morgan fingerprint density at radius 2 is 2.29 bits per heavy atom. The number of nitrogens with zero attached hydrogens (tertiary/aromatic N) is 1. The zero-order valence-corrected chi connectivity index (χ0v) is 10.2. The second-order valence-corrected chi connectivity index (χ2v) is 4.70. The topological polar surface area (TPSA) is 53.7 Å². The van der Waals surface area contributed by atoms with Crippen LogP contribution in [0.4, 0.5) is 0 Å². The van der Waals surface area contributed by atoms with Gasteiger partial charge in [-0.3, -0.25) is 4.90 Å². The standard InChI is InChI=1S/C13H19NO3/c1-2-14(8-10-4-3-5-10)9-11-6-7-12(17-11)13(15)16/h6-7,10H,2-5,8-9H2,1H3,(H,15,16). The van der Waals surface area contributed by atoms with Crippen LogP contribution in [0, 0.1) is 5.92 Å². The van der Waals surface area contributed by atoms with E-state index in [4.69, 9.17) is 9.52 Å². The van der Waals surface area contributed by atoms with Gasteiger partial charge in [0.05, 0.1) is 6.54 Å². The van der Waals surface area contributed by atoms with Crippen molar-refractivity contribution in [2.24, 2.45) is 5.92 Å². The van der Waals surface area contributed by atoms with Crippen LogP contribution < -0.4 is 0 Å². The third-order valence-corrected chi connectivity index (χ3v) is 3.44. The van der Waals surface area contributed by atoms with Gasteiger partial charge in [0, 0.05) is 6.54 Å². The van der Waals surface area contributed by atoms with Gasteiger partial charge in [-0.2, -0.15) is 0 Å². The Balaban J connectivity index is 1.89. The molecule has 0 aromatic carbocycles. The minimum atomic E-state index is -1.00. The van der Waals surface area contributed by atoms with Crippen LogP contribution in [0.2, 0.25) is 0 Å². The zero-order valence-electron chi connectivity index (χ0n) is 10.2. The lowest BCUT2D eigenvalue weighted by atomic mass is 9.85. The number of rotatable bonds is 6. The Morgan fingerprint density at radius 1 is 1.53 bits per heavy atom. The van der Waals surface area contributed by atoms with E-state index >= 15 is 0 Å². The molecule has 1 aliphatic rings. The van der Waals surface area contributed by atoms with E-state index in [1.807, 2.05) is 0 Å². The maximum Gasteiger partial charge on any atom is 0.371 e. The molecule has 0 saturated heterocycles. The molecular weight excluding hydrogens is 218 g/mol. The number of aromatic carboxylic acids is 1. The molecule has 1 aromatic rings. The maximum atomic E-state index is 10.7. The first kappa shape index (κ1) is 12.2. The van der Waals surface area contributed by atoms with Gasteiger partial charge in [-0.1, -0.05) is 13.3 Å². The molecule has 1 saturated carbocycles. The Hall–Kier alpha value is -1.29. The molecule has 1 aromatic heterocycles. The van der Waals surface area contributed by atoms with Crippen molar-refractivity contribution in [2.45, 2.75) is 32.7 Å². The Bertz CT molecular complexity index is 382. The maximum absolute atomic E-state index is 10.7. The first-order valence-corrected chi connectivity index (χ1v) is 6.23. The zero-order chi connectivity index (χ0) is 12.3. The Morgan fingerprint density at radius 3 is 2.76 bits per heavy atom. The molecule has 17 heavy (non-hydrogen) atoms. The molecule has 1 aliphatic carbocycles. The SMILES string of the molecule is CCN(Cc1ccc(C(=O)O)o1)CC1CCC1. The van der Waals surface area contributed by atoms with Crippen molar-refractivity contribution in [1.82, 2.24) is 4.90 Å². The molecule has 94 valence electrons. The predicted octanol–water partition coefficient (Wildman–Crippen LogP) is 2.60. The lowest BCUT2D eigenvalue weighted by Crippen LogP contribution is -2.31. The highest BCUT2D eigenvalue weighted by atomic mass is 16.4. The van der Waals surface area contributed by atoms with Crippen LogP contribution in [0.25, 0.3) is 0 Å². The average Bonchev–Trinajstić information content (AvgIpc) is 2.70. The van der Waals surface area contributed by atoms with Crippen LogP contribution >= 0.6 is 0 Å². The minimum Gasteiger partial charge on any atom is -0.475 e. The molecule has 0 unspecified atom stereocenters. The number of carboxylic acids is 1. The van der Waals surface area contributed by atoms with Crippen LogP contribution in [-0.4, -0.2) is 29.1 Å². The van der Waals surface area contributed by atoms with Crippen LogP contribution in [0.1, 0.15) is 42.5 Å². The normalized spacial score (nSPS) is 16.1. The van der Waals surface area contributed by atoms with E-state index < -0.39 is 5.97 Å². The number of carbonyl (C=O) groups is 1. The second kappa shape index (κ2) is 5.36. The fourth-order valence-electron chi connectivity index (χ4n) is 2.14. The van der Waals surface area contributed by atoms with Gasteiger partial charge in [0.25, 0.3) is 0 Å². The van der Waals surface area contributed by atoms with Gasteiger partial charge in [0.1, 0.15) is 5.76 Å². The molecule has 1 fully saturated rings. The van der Waals surface area contributed by atoms with E-state index in [2.05, 4.69) is 11.8 Å². The third-order valence-electron chi connectivity index (χ3n) is 3.44. The van der Waals surface area contributed by atoms with Gasteiger partial charge in [0.2, 0.25) is 5.76 Å². The van der Waals surface area contributed by atoms with Crippen LogP contribution in [0.15, 0.2) is 16.5 Å². The summed E-state index contributed by atoms with van der Waals surface area (Å²) in [5.74, 6) is 0.588. The molecule has 1 N–H and O–H groups in total.